The first-order valence-corrected chi connectivity index (χ1v) is 6.59. The molecule has 3 nitrogen and oxygen atoms in total. The van der Waals surface area contributed by atoms with Crippen LogP contribution >= 0.6 is 0 Å². The first-order chi connectivity index (χ1) is 9.60. The van der Waals surface area contributed by atoms with Crippen LogP contribution in [0, 0.1) is 13.8 Å². The van der Waals surface area contributed by atoms with E-state index in [9.17, 15) is 4.79 Å². The summed E-state index contributed by atoms with van der Waals surface area (Å²) in [7, 11) is 1.63. The van der Waals surface area contributed by atoms with E-state index >= 15 is 0 Å². The first kappa shape index (κ1) is 14.1. The highest BCUT2D eigenvalue weighted by atomic mass is 16.5. The second-order valence-corrected chi connectivity index (χ2v) is 4.85. The van der Waals surface area contributed by atoms with Crippen LogP contribution in [-0.2, 0) is 11.2 Å². The molecule has 0 saturated heterocycles. The number of para-hydroxylation sites is 1. The SMILES string of the molecule is COc1cc(C)cc(C)c1CC(=O)Nc1ccccc1. The van der Waals surface area contributed by atoms with Gasteiger partial charge in [0.2, 0.25) is 5.91 Å². The fourth-order valence-electron chi connectivity index (χ4n) is 2.25. The molecule has 0 atom stereocenters. The molecule has 0 aliphatic rings. The second kappa shape index (κ2) is 6.24. The van der Waals surface area contributed by atoms with Gasteiger partial charge in [-0.1, -0.05) is 24.3 Å². The van der Waals surface area contributed by atoms with Gasteiger partial charge in [0.1, 0.15) is 5.75 Å². The van der Waals surface area contributed by atoms with E-state index in [0.29, 0.717) is 6.42 Å². The molecule has 104 valence electrons. The molecule has 3 heteroatoms. The van der Waals surface area contributed by atoms with Gasteiger partial charge < -0.3 is 10.1 Å². The maximum atomic E-state index is 12.1. The Morgan fingerprint density at radius 2 is 1.85 bits per heavy atom. The number of rotatable bonds is 4. The fraction of sp³-hybridized carbons (Fsp3) is 0.235. The van der Waals surface area contributed by atoms with Crippen molar-refractivity contribution in [2.24, 2.45) is 0 Å². The summed E-state index contributed by atoms with van der Waals surface area (Å²) in [6, 6.07) is 13.5. The smallest absolute Gasteiger partial charge is 0.228 e. The van der Waals surface area contributed by atoms with Crippen molar-refractivity contribution < 1.29 is 9.53 Å². The van der Waals surface area contributed by atoms with E-state index < -0.39 is 0 Å². The van der Waals surface area contributed by atoms with Crippen LogP contribution in [-0.4, -0.2) is 13.0 Å². The lowest BCUT2D eigenvalue weighted by Gasteiger charge is -2.13. The van der Waals surface area contributed by atoms with E-state index in [4.69, 9.17) is 4.74 Å². The van der Waals surface area contributed by atoms with Crippen LogP contribution in [0.3, 0.4) is 0 Å². The number of anilines is 1. The zero-order valence-corrected chi connectivity index (χ0v) is 12.1. The van der Waals surface area contributed by atoms with E-state index in [1.165, 1.54) is 0 Å². The van der Waals surface area contributed by atoms with E-state index in [-0.39, 0.29) is 5.91 Å². The van der Waals surface area contributed by atoms with Gasteiger partial charge in [0, 0.05) is 11.3 Å². The third kappa shape index (κ3) is 3.38. The third-order valence-electron chi connectivity index (χ3n) is 3.19. The Hall–Kier alpha value is -2.29. The van der Waals surface area contributed by atoms with Gasteiger partial charge >= 0.3 is 0 Å². The Balaban J connectivity index is 2.16. The molecule has 0 heterocycles. The van der Waals surface area contributed by atoms with Crippen LogP contribution in [0.4, 0.5) is 5.69 Å². The molecule has 2 aromatic rings. The van der Waals surface area contributed by atoms with Crippen molar-refractivity contribution in [1.82, 2.24) is 0 Å². The van der Waals surface area contributed by atoms with Crippen LogP contribution < -0.4 is 10.1 Å². The third-order valence-corrected chi connectivity index (χ3v) is 3.19. The van der Waals surface area contributed by atoms with Gasteiger partial charge in [-0.05, 0) is 43.2 Å². The van der Waals surface area contributed by atoms with Crippen molar-refractivity contribution in [3.8, 4) is 5.75 Å². The van der Waals surface area contributed by atoms with Crippen molar-refractivity contribution in [1.29, 1.82) is 0 Å². The van der Waals surface area contributed by atoms with Crippen molar-refractivity contribution in [3.63, 3.8) is 0 Å². The number of hydrogen-bond acceptors (Lipinski definition) is 2. The Labute approximate surface area is 119 Å². The lowest BCUT2D eigenvalue weighted by molar-refractivity contribution is -0.115. The molecule has 2 rings (SSSR count). The maximum Gasteiger partial charge on any atom is 0.228 e. The average molecular weight is 269 g/mol. The van der Waals surface area contributed by atoms with E-state index in [0.717, 1.165) is 28.1 Å². The van der Waals surface area contributed by atoms with E-state index in [1.54, 1.807) is 7.11 Å². The summed E-state index contributed by atoms with van der Waals surface area (Å²) < 4.78 is 5.38. The number of ether oxygens (including phenoxy) is 1. The predicted octanol–water partition coefficient (Wildman–Crippen LogP) is 3.49. The van der Waals surface area contributed by atoms with Gasteiger partial charge in [-0.15, -0.1) is 0 Å². The van der Waals surface area contributed by atoms with E-state index in [2.05, 4.69) is 11.4 Å². The molecule has 0 spiro atoms. The van der Waals surface area contributed by atoms with Crippen molar-refractivity contribution in [2.45, 2.75) is 20.3 Å². The van der Waals surface area contributed by atoms with Crippen molar-refractivity contribution >= 4 is 11.6 Å². The van der Waals surface area contributed by atoms with Gasteiger partial charge in [-0.25, -0.2) is 0 Å². The van der Waals surface area contributed by atoms with Crippen LogP contribution in [0.2, 0.25) is 0 Å². The zero-order chi connectivity index (χ0) is 14.5. The molecule has 2 aromatic carbocycles. The normalized spacial score (nSPS) is 10.2. The molecule has 0 aliphatic heterocycles. The fourth-order valence-corrected chi connectivity index (χ4v) is 2.25. The van der Waals surface area contributed by atoms with Gasteiger partial charge in [0.25, 0.3) is 0 Å². The largest absolute Gasteiger partial charge is 0.496 e. The van der Waals surface area contributed by atoms with Gasteiger partial charge in [-0.3, -0.25) is 4.79 Å². The van der Waals surface area contributed by atoms with E-state index in [1.807, 2.05) is 50.2 Å². The zero-order valence-electron chi connectivity index (χ0n) is 12.1. The number of carbonyl (C=O) groups is 1. The lowest BCUT2D eigenvalue weighted by atomic mass is 10.0. The molecule has 0 unspecified atom stereocenters. The topological polar surface area (TPSA) is 38.3 Å². The molecule has 0 fully saturated rings. The molecule has 0 bridgehead atoms. The van der Waals surface area contributed by atoms with Crippen molar-refractivity contribution in [2.75, 3.05) is 12.4 Å². The summed E-state index contributed by atoms with van der Waals surface area (Å²) in [6.07, 6.45) is 0.310. The highest BCUT2D eigenvalue weighted by Gasteiger charge is 2.12. The molecular formula is C17H19NO2. The number of aryl methyl sites for hydroxylation is 2. The molecule has 1 amide bonds. The molecule has 1 N–H and O–H groups in total. The predicted molar refractivity (Wildman–Crippen MR) is 81.2 cm³/mol. The minimum absolute atomic E-state index is 0.0403. The van der Waals surface area contributed by atoms with Crippen LogP contribution in [0.1, 0.15) is 16.7 Å². The minimum Gasteiger partial charge on any atom is -0.496 e. The van der Waals surface area contributed by atoms with Crippen LogP contribution in [0.5, 0.6) is 5.75 Å². The molecule has 20 heavy (non-hydrogen) atoms. The molecule has 0 aliphatic carbocycles. The Bertz CT molecular complexity index is 606. The van der Waals surface area contributed by atoms with Crippen LogP contribution in [0.25, 0.3) is 0 Å². The summed E-state index contributed by atoms with van der Waals surface area (Å²) in [5.41, 5.74) is 3.95. The molecular weight excluding hydrogens is 250 g/mol. The Kier molecular flexibility index (Phi) is 4.41. The minimum atomic E-state index is -0.0403. The quantitative estimate of drug-likeness (QED) is 0.922. The number of hydrogen-bond donors (Lipinski definition) is 1. The highest BCUT2D eigenvalue weighted by Crippen LogP contribution is 2.25. The summed E-state index contributed by atoms with van der Waals surface area (Å²) in [5, 5.41) is 2.89. The molecule has 0 aromatic heterocycles. The van der Waals surface area contributed by atoms with Gasteiger partial charge in [-0.2, -0.15) is 0 Å². The maximum absolute atomic E-state index is 12.1. The summed E-state index contributed by atoms with van der Waals surface area (Å²) in [4.78, 5) is 12.1. The Morgan fingerprint density at radius 1 is 1.15 bits per heavy atom. The number of nitrogens with one attached hydrogen (secondary N) is 1. The number of methoxy groups -OCH3 is 1. The standard InChI is InChI=1S/C17H19NO2/c1-12-9-13(2)15(16(10-12)20-3)11-17(19)18-14-7-5-4-6-8-14/h4-10H,11H2,1-3H3,(H,18,19). The van der Waals surface area contributed by atoms with Gasteiger partial charge in [0.15, 0.2) is 0 Å². The monoisotopic (exact) mass is 269 g/mol. The van der Waals surface area contributed by atoms with Gasteiger partial charge in [0.05, 0.1) is 13.5 Å². The summed E-state index contributed by atoms with van der Waals surface area (Å²) in [5.74, 6) is 0.729. The average Bonchev–Trinajstić information content (AvgIpc) is 2.42. The lowest BCUT2D eigenvalue weighted by Crippen LogP contribution is -2.15. The summed E-state index contributed by atoms with van der Waals surface area (Å²) >= 11 is 0. The first-order valence-electron chi connectivity index (χ1n) is 6.59. The number of carbonyl (C=O) groups excluding carboxylic acids is 1. The molecule has 0 saturated carbocycles. The number of amides is 1. The second-order valence-electron chi connectivity index (χ2n) is 4.85. The Morgan fingerprint density at radius 3 is 2.50 bits per heavy atom. The van der Waals surface area contributed by atoms with Crippen LogP contribution in [0.15, 0.2) is 42.5 Å². The van der Waals surface area contributed by atoms with Crippen molar-refractivity contribution in [3.05, 3.63) is 59.2 Å². The molecule has 0 radical (unpaired) electrons. The summed E-state index contributed by atoms with van der Waals surface area (Å²) in [6.45, 7) is 4.02. The number of benzene rings is 2. The highest BCUT2D eigenvalue weighted by molar-refractivity contribution is 5.92.